The summed E-state index contributed by atoms with van der Waals surface area (Å²) in [4.78, 5) is 26.8. The van der Waals surface area contributed by atoms with Crippen molar-refractivity contribution >= 4 is 11.8 Å². The zero-order valence-corrected chi connectivity index (χ0v) is 19.3. The molecule has 0 radical (unpaired) electrons. The van der Waals surface area contributed by atoms with Crippen LogP contribution in [0.5, 0.6) is 11.5 Å². The summed E-state index contributed by atoms with van der Waals surface area (Å²) in [5.41, 5.74) is 3.40. The third-order valence-corrected chi connectivity index (χ3v) is 6.79. The average Bonchev–Trinajstić information content (AvgIpc) is 3.28. The van der Waals surface area contributed by atoms with Gasteiger partial charge in [0.15, 0.2) is 11.5 Å². The molecule has 0 unspecified atom stereocenters. The van der Waals surface area contributed by atoms with Gasteiger partial charge in [-0.3, -0.25) is 14.5 Å². The molecule has 170 valence electrons. The molecule has 5 heteroatoms. The van der Waals surface area contributed by atoms with Gasteiger partial charge in [-0.1, -0.05) is 35.9 Å². The van der Waals surface area contributed by atoms with E-state index in [1.165, 1.54) is 30.2 Å². The molecule has 1 aliphatic carbocycles. The first-order valence-electron chi connectivity index (χ1n) is 11.7. The standard InChI is InChI=1S/C27H33NO4/c1-18-7-6-8-20(13-18)14-22-15-23(17-28(19(2)29)27(22)30)21-11-12-25(31-3)26(16-21)32-24-9-4-5-10-24/h6-8,11-13,16,22-24H,4-5,9-10,14-15,17H2,1-3H3/t22-,23+/m0/s1. The van der Waals surface area contributed by atoms with E-state index in [-0.39, 0.29) is 29.8 Å². The SMILES string of the molecule is COc1ccc([C@@H]2C[C@H](Cc3cccc(C)c3)C(=O)N(C(C)=O)C2)cc1OC1CCCC1. The van der Waals surface area contributed by atoms with Gasteiger partial charge in [0.25, 0.3) is 0 Å². The van der Waals surface area contributed by atoms with Crippen molar-refractivity contribution in [2.45, 2.75) is 64.4 Å². The molecule has 2 aromatic rings. The highest BCUT2D eigenvalue weighted by Gasteiger charge is 2.37. The first kappa shape index (κ1) is 22.4. The van der Waals surface area contributed by atoms with Gasteiger partial charge >= 0.3 is 0 Å². The van der Waals surface area contributed by atoms with E-state index in [0.29, 0.717) is 19.4 Å². The molecule has 2 aromatic carbocycles. The Bertz CT molecular complexity index is 979. The summed E-state index contributed by atoms with van der Waals surface area (Å²) in [6.07, 6.45) is 6.13. The van der Waals surface area contributed by atoms with Gasteiger partial charge in [0.1, 0.15) is 0 Å². The molecule has 0 N–H and O–H groups in total. The maximum absolute atomic E-state index is 13.1. The molecular formula is C27H33NO4. The van der Waals surface area contributed by atoms with E-state index in [4.69, 9.17) is 9.47 Å². The van der Waals surface area contributed by atoms with Crippen LogP contribution in [0.1, 0.15) is 61.6 Å². The van der Waals surface area contributed by atoms with E-state index in [2.05, 4.69) is 31.2 Å². The number of ether oxygens (including phenoxy) is 2. The maximum Gasteiger partial charge on any atom is 0.232 e. The third-order valence-electron chi connectivity index (χ3n) is 6.79. The van der Waals surface area contributed by atoms with Crippen molar-refractivity contribution in [1.29, 1.82) is 0 Å². The first-order chi connectivity index (χ1) is 15.4. The molecule has 0 bridgehead atoms. The molecule has 1 saturated carbocycles. The second-order valence-corrected chi connectivity index (χ2v) is 9.23. The summed E-state index contributed by atoms with van der Waals surface area (Å²) >= 11 is 0. The van der Waals surface area contributed by atoms with Crippen LogP contribution in [0.4, 0.5) is 0 Å². The lowest BCUT2D eigenvalue weighted by Gasteiger charge is -2.36. The number of methoxy groups -OCH3 is 1. The van der Waals surface area contributed by atoms with Crippen molar-refractivity contribution in [2.75, 3.05) is 13.7 Å². The number of benzene rings is 2. The van der Waals surface area contributed by atoms with Crippen LogP contribution in [0, 0.1) is 12.8 Å². The quantitative estimate of drug-likeness (QED) is 0.637. The number of hydrogen-bond acceptors (Lipinski definition) is 4. The number of amides is 2. The molecule has 5 nitrogen and oxygen atoms in total. The number of hydrogen-bond donors (Lipinski definition) is 0. The molecular weight excluding hydrogens is 402 g/mol. The van der Waals surface area contributed by atoms with E-state index in [1.807, 2.05) is 18.2 Å². The Labute approximate surface area is 190 Å². The van der Waals surface area contributed by atoms with E-state index in [0.717, 1.165) is 35.5 Å². The normalized spacial score (nSPS) is 21.6. The van der Waals surface area contributed by atoms with E-state index in [1.54, 1.807) is 7.11 Å². The van der Waals surface area contributed by atoms with Gasteiger partial charge in [0.2, 0.25) is 11.8 Å². The number of carbonyl (C=O) groups is 2. The lowest BCUT2D eigenvalue weighted by molar-refractivity contribution is -0.149. The molecule has 1 saturated heterocycles. The number of likely N-dealkylation sites (tertiary alicyclic amines) is 1. The van der Waals surface area contributed by atoms with Crippen molar-refractivity contribution < 1.29 is 19.1 Å². The molecule has 32 heavy (non-hydrogen) atoms. The van der Waals surface area contributed by atoms with Gasteiger partial charge in [-0.25, -0.2) is 0 Å². The van der Waals surface area contributed by atoms with Crippen LogP contribution in [-0.4, -0.2) is 36.5 Å². The van der Waals surface area contributed by atoms with Crippen molar-refractivity contribution in [3.05, 3.63) is 59.2 Å². The third kappa shape index (κ3) is 4.98. The van der Waals surface area contributed by atoms with Gasteiger partial charge < -0.3 is 9.47 Å². The number of aryl methyl sites for hydroxylation is 1. The second-order valence-electron chi connectivity index (χ2n) is 9.23. The molecule has 1 heterocycles. The predicted octanol–water partition coefficient (Wildman–Crippen LogP) is 5.05. The van der Waals surface area contributed by atoms with E-state index in [9.17, 15) is 9.59 Å². The number of nitrogens with zero attached hydrogens (tertiary/aromatic N) is 1. The van der Waals surface area contributed by atoms with Crippen LogP contribution >= 0.6 is 0 Å². The van der Waals surface area contributed by atoms with Gasteiger partial charge in [-0.15, -0.1) is 0 Å². The zero-order chi connectivity index (χ0) is 22.7. The predicted molar refractivity (Wildman–Crippen MR) is 124 cm³/mol. The summed E-state index contributed by atoms with van der Waals surface area (Å²) < 4.78 is 11.8. The number of carbonyl (C=O) groups excluding carboxylic acids is 2. The Morgan fingerprint density at radius 3 is 2.56 bits per heavy atom. The van der Waals surface area contributed by atoms with Gasteiger partial charge in [-0.2, -0.15) is 0 Å². The van der Waals surface area contributed by atoms with E-state index < -0.39 is 0 Å². The first-order valence-corrected chi connectivity index (χ1v) is 11.7. The molecule has 4 rings (SSSR count). The van der Waals surface area contributed by atoms with E-state index >= 15 is 0 Å². The summed E-state index contributed by atoms with van der Waals surface area (Å²) in [5.74, 6) is 1.09. The molecule has 0 aromatic heterocycles. The maximum atomic E-state index is 13.1. The number of imide groups is 1. The minimum absolute atomic E-state index is 0.0637. The van der Waals surface area contributed by atoms with Crippen molar-refractivity contribution in [3.63, 3.8) is 0 Å². The molecule has 2 atom stereocenters. The largest absolute Gasteiger partial charge is 0.493 e. The monoisotopic (exact) mass is 435 g/mol. The highest BCUT2D eigenvalue weighted by molar-refractivity contribution is 5.96. The molecule has 2 aliphatic rings. The van der Waals surface area contributed by atoms with Crippen LogP contribution in [0.3, 0.4) is 0 Å². The lowest BCUT2D eigenvalue weighted by Crippen LogP contribution is -2.47. The van der Waals surface area contributed by atoms with Crippen molar-refractivity contribution in [3.8, 4) is 11.5 Å². The fourth-order valence-electron chi connectivity index (χ4n) is 5.09. The summed E-state index contributed by atoms with van der Waals surface area (Å²) in [5, 5.41) is 0. The zero-order valence-electron chi connectivity index (χ0n) is 19.3. The Kier molecular flexibility index (Phi) is 6.83. The molecule has 2 fully saturated rings. The van der Waals surface area contributed by atoms with Crippen LogP contribution in [-0.2, 0) is 16.0 Å². The summed E-state index contributed by atoms with van der Waals surface area (Å²) in [6.45, 7) is 3.94. The Morgan fingerprint density at radius 1 is 1.09 bits per heavy atom. The highest BCUT2D eigenvalue weighted by atomic mass is 16.5. The molecule has 1 aliphatic heterocycles. The Hall–Kier alpha value is -2.82. The van der Waals surface area contributed by atoms with Crippen LogP contribution in [0.2, 0.25) is 0 Å². The van der Waals surface area contributed by atoms with Crippen molar-refractivity contribution in [2.24, 2.45) is 5.92 Å². The van der Waals surface area contributed by atoms with Crippen LogP contribution < -0.4 is 9.47 Å². The van der Waals surface area contributed by atoms with Crippen LogP contribution in [0.15, 0.2) is 42.5 Å². The summed E-state index contributed by atoms with van der Waals surface area (Å²) in [6, 6.07) is 14.3. The fraction of sp³-hybridized carbons (Fsp3) is 0.481. The van der Waals surface area contributed by atoms with Gasteiger partial charge in [0.05, 0.1) is 13.2 Å². The molecule has 0 spiro atoms. The van der Waals surface area contributed by atoms with Gasteiger partial charge in [0, 0.05) is 25.3 Å². The fourth-order valence-corrected chi connectivity index (χ4v) is 5.09. The number of piperidine rings is 1. The lowest BCUT2D eigenvalue weighted by atomic mass is 9.81. The second kappa shape index (κ2) is 9.76. The van der Waals surface area contributed by atoms with Crippen LogP contribution in [0.25, 0.3) is 0 Å². The van der Waals surface area contributed by atoms with Crippen molar-refractivity contribution in [1.82, 2.24) is 4.90 Å². The van der Waals surface area contributed by atoms with Gasteiger partial charge in [-0.05, 0) is 68.7 Å². The molecule has 2 amide bonds. The summed E-state index contributed by atoms with van der Waals surface area (Å²) in [7, 11) is 1.66. The highest BCUT2D eigenvalue weighted by Crippen LogP contribution is 2.38. The number of rotatable bonds is 6. The Morgan fingerprint density at radius 2 is 1.88 bits per heavy atom. The Balaban J connectivity index is 1.59. The smallest absolute Gasteiger partial charge is 0.232 e. The topological polar surface area (TPSA) is 55.8 Å². The minimum atomic E-state index is -0.222. The minimum Gasteiger partial charge on any atom is -0.493 e. The average molecular weight is 436 g/mol.